The highest BCUT2D eigenvalue weighted by Crippen LogP contribution is 2.51. The number of piperidine rings is 1. The van der Waals surface area contributed by atoms with Crippen LogP contribution in [0.1, 0.15) is 39.4 Å². The Balaban J connectivity index is 1.32. The van der Waals surface area contributed by atoms with E-state index in [-0.39, 0.29) is 5.56 Å². The Labute approximate surface area is 189 Å². The van der Waals surface area contributed by atoms with Crippen LogP contribution in [-0.2, 0) is 22.8 Å². The van der Waals surface area contributed by atoms with Crippen molar-refractivity contribution in [1.82, 2.24) is 19.7 Å². The lowest BCUT2D eigenvalue weighted by atomic mass is 9.84. The third kappa shape index (κ3) is 3.62. The van der Waals surface area contributed by atoms with E-state index in [4.69, 9.17) is 9.47 Å². The third-order valence-electron chi connectivity index (χ3n) is 6.44. The Bertz CT molecular complexity index is 1130. The second kappa shape index (κ2) is 7.90. The van der Waals surface area contributed by atoms with Crippen LogP contribution in [0.5, 0.6) is 5.75 Å². The number of aryl methyl sites for hydroxylation is 2. The lowest BCUT2D eigenvalue weighted by Crippen LogP contribution is -2.48. The van der Waals surface area contributed by atoms with E-state index in [1.54, 1.807) is 24.1 Å². The van der Waals surface area contributed by atoms with Crippen molar-refractivity contribution < 1.29 is 18.3 Å². The summed E-state index contributed by atoms with van der Waals surface area (Å²) in [5.41, 5.74) is 1.62. The van der Waals surface area contributed by atoms with Crippen LogP contribution < -0.4 is 4.74 Å². The second-order valence-electron chi connectivity index (χ2n) is 8.58. The van der Waals surface area contributed by atoms with Crippen molar-refractivity contribution in [2.24, 2.45) is 0 Å². The number of likely N-dealkylation sites (tertiary alicyclic amines) is 1. The highest BCUT2D eigenvalue weighted by atomic mass is 32.1. The number of aromatic nitrogens is 3. The molecule has 0 aromatic carbocycles. The smallest absolute Gasteiger partial charge is 0.297 e. The molecule has 32 heavy (non-hydrogen) atoms. The fourth-order valence-corrected chi connectivity index (χ4v) is 5.92. The first-order valence-corrected chi connectivity index (χ1v) is 11.5. The molecule has 2 aliphatic rings. The van der Waals surface area contributed by atoms with Gasteiger partial charge in [-0.1, -0.05) is 0 Å². The average Bonchev–Trinajstić information content (AvgIpc) is 3.37. The largest absolute Gasteiger partial charge is 0.493 e. The van der Waals surface area contributed by atoms with E-state index in [1.807, 2.05) is 32.2 Å². The van der Waals surface area contributed by atoms with Crippen molar-refractivity contribution in [3.63, 3.8) is 0 Å². The van der Waals surface area contributed by atoms with Gasteiger partial charge in [-0.05, 0) is 44.9 Å². The van der Waals surface area contributed by atoms with E-state index in [2.05, 4.69) is 15.0 Å². The van der Waals surface area contributed by atoms with Crippen LogP contribution in [0, 0.1) is 13.8 Å². The van der Waals surface area contributed by atoms with E-state index < -0.39 is 18.1 Å². The molecule has 0 aliphatic carbocycles. The lowest BCUT2D eigenvalue weighted by molar-refractivity contribution is -0.182. The van der Waals surface area contributed by atoms with Gasteiger partial charge in [0, 0.05) is 52.9 Å². The molecule has 9 heteroatoms. The molecule has 2 aliphatic heterocycles. The highest BCUT2D eigenvalue weighted by molar-refractivity contribution is 7.12. The Kier molecular flexibility index (Phi) is 5.30. The maximum atomic E-state index is 14.4. The summed E-state index contributed by atoms with van der Waals surface area (Å²) in [4.78, 5) is 8.37. The monoisotopic (exact) mass is 460 g/mol. The van der Waals surface area contributed by atoms with Crippen LogP contribution in [-0.4, -0.2) is 46.5 Å². The molecule has 0 bridgehead atoms. The summed E-state index contributed by atoms with van der Waals surface area (Å²) in [7, 11) is 1.62. The number of ether oxygens (including phenoxy) is 2. The molecule has 0 saturated carbocycles. The highest BCUT2D eigenvalue weighted by Gasteiger charge is 2.51. The summed E-state index contributed by atoms with van der Waals surface area (Å²) in [6.07, 6.45) is 5.12. The maximum absolute atomic E-state index is 14.4. The van der Waals surface area contributed by atoms with Gasteiger partial charge in [-0.3, -0.25) is 4.90 Å². The molecule has 1 saturated heterocycles. The van der Waals surface area contributed by atoms with Gasteiger partial charge in [0.05, 0.1) is 12.8 Å². The van der Waals surface area contributed by atoms with E-state index in [0.717, 1.165) is 40.6 Å². The van der Waals surface area contributed by atoms with Gasteiger partial charge >= 0.3 is 0 Å². The van der Waals surface area contributed by atoms with Gasteiger partial charge in [-0.25, -0.2) is 9.67 Å². The van der Waals surface area contributed by atoms with Crippen LogP contribution in [0.2, 0.25) is 0 Å². The zero-order valence-corrected chi connectivity index (χ0v) is 19.2. The normalized spacial score (nSPS) is 19.8. The zero-order valence-electron chi connectivity index (χ0n) is 18.4. The number of hydrogen-bond donors (Lipinski definition) is 0. The van der Waals surface area contributed by atoms with E-state index in [1.165, 1.54) is 11.3 Å². The van der Waals surface area contributed by atoms with Crippen molar-refractivity contribution in [1.29, 1.82) is 0 Å². The fraction of sp³-hybridized carbons (Fsp3) is 0.478. The Morgan fingerprint density at radius 2 is 2.03 bits per heavy atom. The molecule has 170 valence electrons. The standard InChI is InChI=1S/C23H26F2N4O2S/c1-15-11-18-20(32-15)22(31-14-23(18,24)25)6-9-28(10-7-22)12-17-13-29(27-16(17)2)21-19(30-3)5-4-8-26-21/h4-5,8,11,13H,6-7,9-10,12,14H2,1-3H3. The Hall–Kier alpha value is -2.36. The van der Waals surface area contributed by atoms with Gasteiger partial charge < -0.3 is 9.47 Å². The summed E-state index contributed by atoms with van der Waals surface area (Å²) in [6.45, 7) is 5.63. The van der Waals surface area contributed by atoms with Crippen LogP contribution in [0.3, 0.4) is 0 Å². The number of hydrogen-bond acceptors (Lipinski definition) is 6. The van der Waals surface area contributed by atoms with Gasteiger partial charge in [-0.2, -0.15) is 13.9 Å². The van der Waals surface area contributed by atoms with Crippen molar-refractivity contribution in [2.75, 3.05) is 26.8 Å². The molecule has 1 spiro atoms. The fourth-order valence-electron chi connectivity index (χ4n) is 4.65. The predicted octanol–water partition coefficient (Wildman–Crippen LogP) is 4.57. The summed E-state index contributed by atoms with van der Waals surface area (Å²) in [6, 6.07) is 5.32. The molecular weight excluding hydrogens is 434 g/mol. The number of thiophene rings is 1. The number of fused-ring (bicyclic) bond motifs is 2. The van der Waals surface area contributed by atoms with Gasteiger partial charge in [0.25, 0.3) is 5.92 Å². The molecule has 3 aromatic heterocycles. The first-order chi connectivity index (χ1) is 15.3. The molecule has 1 fully saturated rings. The van der Waals surface area contributed by atoms with Gasteiger partial charge in [0.2, 0.25) is 0 Å². The number of pyridine rings is 1. The molecule has 0 atom stereocenters. The van der Waals surface area contributed by atoms with Crippen molar-refractivity contribution in [2.45, 2.75) is 44.8 Å². The van der Waals surface area contributed by atoms with Crippen molar-refractivity contribution in [3.05, 3.63) is 57.2 Å². The minimum atomic E-state index is -2.90. The second-order valence-corrected chi connectivity index (χ2v) is 9.83. The number of nitrogens with zero attached hydrogens (tertiary/aromatic N) is 4. The van der Waals surface area contributed by atoms with Gasteiger partial charge in [0.15, 0.2) is 11.6 Å². The SMILES string of the molecule is COc1cccnc1-n1cc(CN2CCC3(CC2)OCC(F)(F)c2cc(C)sc23)c(C)n1. The summed E-state index contributed by atoms with van der Waals surface area (Å²) < 4.78 is 41.8. The predicted molar refractivity (Wildman–Crippen MR) is 118 cm³/mol. The lowest BCUT2D eigenvalue weighted by Gasteiger charge is -2.45. The molecule has 0 amide bonds. The quantitative estimate of drug-likeness (QED) is 0.571. The third-order valence-corrected chi connectivity index (χ3v) is 7.67. The van der Waals surface area contributed by atoms with Crippen LogP contribution in [0.25, 0.3) is 5.82 Å². The first-order valence-electron chi connectivity index (χ1n) is 10.7. The average molecular weight is 461 g/mol. The number of alkyl halides is 2. The number of rotatable bonds is 4. The van der Waals surface area contributed by atoms with Gasteiger partial charge in [0.1, 0.15) is 12.2 Å². The molecular formula is C23H26F2N4O2S. The number of methoxy groups -OCH3 is 1. The molecule has 0 N–H and O–H groups in total. The summed E-state index contributed by atoms with van der Waals surface area (Å²) >= 11 is 1.45. The Morgan fingerprint density at radius 3 is 2.78 bits per heavy atom. The topological polar surface area (TPSA) is 52.4 Å². The van der Waals surface area contributed by atoms with Crippen LogP contribution >= 0.6 is 11.3 Å². The van der Waals surface area contributed by atoms with Crippen LogP contribution in [0.15, 0.2) is 30.6 Å². The molecule has 5 heterocycles. The molecule has 5 rings (SSSR count). The minimum Gasteiger partial charge on any atom is -0.493 e. The molecule has 6 nitrogen and oxygen atoms in total. The molecule has 3 aromatic rings. The number of halogens is 2. The minimum absolute atomic E-state index is 0.168. The van der Waals surface area contributed by atoms with Crippen molar-refractivity contribution >= 4 is 11.3 Å². The van der Waals surface area contributed by atoms with Gasteiger partial charge in [-0.15, -0.1) is 11.3 Å². The molecule has 0 radical (unpaired) electrons. The summed E-state index contributed by atoms with van der Waals surface area (Å²) in [5.74, 6) is -1.59. The van der Waals surface area contributed by atoms with Crippen LogP contribution in [0.4, 0.5) is 8.78 Å². The van der Waals surface area contributed by atoms with E-state index in [0.29, 0.717) is 24.4 Å². The van der Waals surface area contributed by atoms with E-state index >= 15 is 0 Å². The van der Waals surface area contributed by atoms with Crippen molar-refractivity contribution in [3.8, 4) is 11.6 Å². The zero-order chi connectivity index (χ0) is 22.5. The Morgan fingerprint density at radius 1 is 1.25 bits per heavy atom. The first kappa shape index (κ1) is 21.5. The summed E-state index contributed by atoms with van der Waals surface area (Å²) in [5, 5.41) is 4.63. The molecule has 0 unspecified atom stereocenters. The van der Waals surface area contributed by atoms with E-state index in [9.17, 15) is 8.78 Å². The maximum Gasteiger partial charge on any atom is 0.297 e.